The maximum atomic E-state index is 12.9. The molecule has 0 saturated carbocycles. The Morgan fingerprint density at radius 1 is 0.943 bits per heavy atom. The van der Waals surface area contributed by atoms with Crippen molar-refractivity contribution < 1.29 is 13.2 Å². The number of hydrogen-bond donors (Lipinski definition) is 2. The number of alkyl halides is 3. The van der Waals surface area contributed by atoms with Crippen LogP contribution in [0, 0.1) is 11.8 Å². The van der Waals surface area contributed by atoms with Crippen LogP contribution in [-0.2, 0) is 19.0 Å². The number of halogens is 3. The molecule has 2 aromatic carbocycles. The van der Waals surface area contributed by atoms with E-state index in [4.69, 9.17) is 0 Å². The maximum absolute atomic E-state index is 12.9. The van der Waals surface area contributed by atoms with E-state index < -0.39 is 11.7 Å². The van der Waals surface area contributed by atoms with Crippen LogP contribution in [0.15, 0.2) is 61.3 Å². The third-order valence-corrected chi connectivity index (χ3v) is 7.39. The molecule has 1 atom stereocenters. The number of fused-ring (bicyclic) bond motifs is 1. The van der Waals surface area contributed by atoms with Gasteiger partial charge in [0.15, 0.2) is 0 Å². The van der Waals surface area contributed by atoms with Crippen LogP contribution in [0.2, 0.25) is 0 Å². The van der Waals surface area contributed by atoms with Crippen LogP contribution in [0.4, 0.5) is 13.2 Å². The summed E-state index contributed by atoms with van der Waals surface area (Å²) in [6.45, 7) is 2.08. The van der Waals surface area contributed by atoms with Crippen LogP contribution in [-0.4, -0.2) is 32.8 Å². The van der Waals surface area contributed by atoms with Gasteiger partial charge in [-0.05, 0) is 105 Å². The van der Waals surface area contributed by atoms with Gasteiger partial charge in [0.2, 0.25) is 0 Å². The Hall–Kier alpha value is -3.13. The minimum Gasteiger partial charge on any atom is -0.361 e. The molecule has 2 N–H and O–H groups in total. The van der Waals surface area contributed by atoms with Crippen LogP contribution >= 0.6 is 0 Å². The van der Waals surface area contributed by atoms with Gasteiger partial charge in [0.25, 0.3) is 0 Å². The van der Waals surface area contributed by atoms with Gasteiger partial charge in [-0.2, -0.15) is 13.2 Å². The Balaban J connectivity index is 1.29. The van der Waals surface area contributed by atoms with E-state index in [0.717, 1.165) is 68.4 Å². The summed E-state index contributed by atoms with van der Waals surface area (Å²) in [5.41, 5.74) is 3.83. The van der Waals surface area contributed by atoms with Gasteiger partial charge in [0.1, 0.15) is 12.7 Å². The monoisotopic (exact) mass is 481 g/mol. The minimum atomic E-state index is -4.29. The van der Waals surface area contributed by atoms with Crippen molar-refractivity contribution >= 4 is 10.9 Å². The number of aryl methyl sites for hydroxylation is 2. The van der Waals surface area contributed by atoms with Crippen molar-refractivity contribution in [2.75, 3.05) is 13.1 Å². The van der Waals surface area contributed by atoms with Crippen LogP contribution in [0.5, 0.6) is 0 Å². The summed E-state index contributed by atoms with van der Waals surface area (Å²) in [7, 11) is 0. The highest BCUT2D eigenvalue weighted by Crippen LogP contribution is 2.33. The first-order valence-corrected chi connectivity index (χ1v) is 12.3. The first-order chi connectivity index (χ1) is 17.0. The summed E-state index contributed by atoms with van der Waals surface area (Å²) in [6, 6.07) is 12.0. The smallest absolute Gasteiger partial charge is 0.361 e. The molecule has 5 nitrogen and oxygen atoms in total. The fourth-order valence-corrected chi connectivity index (χ4v) is 5.35. The highest BCUT2D eigenvalue weighted by molar-refractivity contribution is 5.85. The molecule has 1 saturated heterocycles. The third kappa shape index (κ3) is 5.59. The normalized spacial score (nSPS) is 16.1. The molecule has 5 rings (SSSR count). The van der Waals surface area contributed by atoms with E-state index >= 15 is 0 Å². The summed E-state index contributed by atoms with van der Waals surface area (Å²) in [6.07, 6.45) is 7.35. The van der Waals surface area contributed by atoms with Crippen LogP contribution in [0.1, 0.15) is 42.4 Å². The largest absolute Gasteiger partial charge is 0.416 e. The predicted octanol–water partition coefficient (Wildman–Crippen LogP) is 5.95. The third-order valence-electron chi connectivity index (χ3n) is 7.39. The first-order valence-electron chi connectivity index (χ1n) is 12.3. The number of piperidine rings is 1. The average Bonchev–Trinajstić information content (AvgIpc) is 3.54. The summed E-state index contributed by atoms with van der Waals surface area (Å²) < 4.78 is 40.6. The van der Waals surface area contributed by atoms with Gasteiger partial charge >= 0.3 is 6.18 Å². The van der Waals surface area contributed by atoms with Gasteiger partial charge in [0.05, 0.1) is 5.56 Å². The molecule has 0 radical (unpaired) electrons. The van der Waals surface area contributed by atoms with Gasteiger partial charge in [-0.25, -0.2) is 0 Å². The SMILES string of the molecule is FC(F)(F)c1ccc(CCC(CCc2c[nH]c3ccc(-n4cnnc4)cc23)C2CCNCC2)cc1. The zero-order chi connectivity index (χ0) is 24.3. The maximum Gasteiger partial charge on any atom is 0.416 e. The Kier molecular flexibility index (Phi) is 6.90. The van der Waals surface area contributed by atoms with Gasteiger partial charge in [-0.3, -0.25) is 4.57 Å². The molecule has 3 heterocycles. The molecule has 8 heteroatoms. The van der Waals surface area contributed by atoms with Crippen LogP contribution in [0.3, 0.4) is 0 Å². The molecule has 4 aromatic rings. The van der Waals surface area contributed by atoms with Crippen LogP contribution in [0.25, 0.3) is 16.6 Å². The van der Waals surface area contributed by atoms with E-state index in [9.17, 15) is 13.2 Å². The molecule has 1 aliphatic heterocycles. The second-order valence-electron chi connectivity index (χ2n) is 9.53. The molecule has 0 spiro atoms. The zero-order valence-electron chi connectivity index (χ0n) is 19.6. The summed E-state index contributed by atoms with van der Waals surface area (Å²) in [5.74, 6) is 1.17. The lowest BCUT2D eigenvalue weighted by molar-refractivity contribution is -0.137. The van der Waals surface area contributed by atoms with E-state index in [1.807, 2.05) is 10.6 Å². The van der Waals surface area contributed by atoms with Crippen molar-refractivity contribution in [1.82, 2.24) is 25.1 Å². The standard InChI is InChI=1S/C27H30F3N5/c28-27(29,30)23-7-2-19(3-8-23)1-4-20(21-11-13-31-14-12-21)5-6-22-16-32-26-10-9-24(15-25(22)26)35-17-33-34-18-35/h2-3,7-10,15-18,20-21,31-32H,1,4-6,11-14H2. The van der Waals surface area contributed by atoms with Crippen molar-refractivity contribution in [3.63, 3.8) is 0 Å². The van der Waals surface area contributed by atoms with Crippen LogP contribution < -0.4 is 5.32 Å². The molecule has 184 valence electrons. The number of H-pyrrole nitrogens is 1. The molecular formula is C27H30F3N5. The number of benzene rings is 2. The summed E-state index contributed by atoms with van der Waals surface area (Å²) in [5, 5.41) is 12.5. The van der Waals surface area contributed by atoms with E-state index in [1.54, 1.807) is 24.8 Å². The second kappa shape index (κ2) is 10.2. The number of nitrogens with one attached hydrogen (secondary N) is 2. The number of rotatable bonds is 8. The fraction of sp³-hybridized carbons (Fsp3) is 0.407. The lowest BCUT2D eigenvalue weighted by atomic mass is 9.78. The first kappa shape index (κ1) is 23.6. The van der Waals surface area contributed by atoms with Crippen molar-refractivity contribution in [2.45, 2.75) is 44.7 Å². The topological polar surface area (TPSA) is 58.5 Å². The van der Waals surface area contributed by atoms with E-state index in [-0.39, 0.29) is 0 Å². The summed E-state index contributed by atoms with van der Waals surface area (Å²) >= 11 is 0. The van der Waals surface area contributed by atoms with Gasteiger partial charge in [-0.1, -0.05) is 12.1 Å². The molecule has 1 fully saturated rings. The Bertz CT molecular complexity index is 1220. The van der Waals surface area contributed by atoms with Gasteiger partial charge in [0, 0.05) is 22.8 Å². The second-order valence-corrected chi connectivity index (χ2v) is 9.53. The van der Waals surface area contributed by atoms with E-state index in [1.165, 1.54) is 23.1 Å². The van der Waals surface area contributed by atoms with E-state index in [0.29, 0.717) is 11.8 Å². The Morgan fingerprint density at radius 3 is 2.37 bits per heavy atom. The number of aromatic amines is 1. The van der Waals surface area contributed by atoms with E-state index in [2.05, 4.69) is 38.8 Å². The minimum absolute atomic E-state index is 0.533. The number of nitrogens with zero attached hydrogens (tertiary/aromatic N) is 3. The average molecular weight is 482 g/mol. The predicted molar refractivity (Wildman–Crippen MR) is 130 cm³/mol. The van der Waals surface area contributed by atoms with Gasteiger partial charge < -0.3 is 10.3 Å². The molecule has 0 amide bonds. The molecule has 2 aromatic heterocycles. The molecule has 0 aliphatic carbocycles. The van der Waals surface area contributed by atoms with Crippen molar-refractivity contribution in [3.05, 3.63) is 78.0 Å². The molecule has 1 unspecified atom stereocenters. The summed E-state index contributed by atoms with van der Waals surface area (Å²) in [4.78, 5) is 3.40. The van der Waals surface area contributed by atoms with Crippen molar-refractivity contribution in [3.8, 4) is 5.69 Å². The highest BCUT2D eigenvalue weighted by Gasteiger charge is 2.30. The van der Waals surface area contributed by atoms with Crippen molar-refractivity contribution in [1.29, 1.82) is 0 Å². The molecule has 0 bridgehead atoms. The number of hydrogen-bond acceptors (Lipinski definition) is 3. The zero-order valence-corrected chi connectivity index (χ0v) is 19.6. The Morgan fingerprint density at radius 2 is 1.66 bits per heavy atom. The molecular weight excluding hydrogens is 451 g/mol. The molecule has 1 aliphatic rings. The quantitative estimate of drug-likeness (QED) is 0.327. The van der Waals surface area contributed by atoms with Gasteiger partial charge in [-0.15, -0.1) is 10.2 Å². The lowest BCUT2D eigenvalue weighted by Crippen LogP contribution is -2.32. The molecule has 35 heavy (non-hydrogen) atoms. The highest BCUT2D eigenvalue weighted by atomic mass is 19.4. The lowest BCUT2D eigenvalue weighted by Gasteiger charge is -2.31. The Labute approximate surface area is 202 Å². The number of aromatic nitrogens is 4. The fourth-order valence-electron chi connectivity index (χ4n) is 5.35. The van der Waals surface area contributed by atoms with Crippen molar-refractivity contribution in [2.24, 2.45) is 11.8 Å².